The molecule has 0 unspecified atom stereocenters. The van der Waals surface area contributed by atoms with E-state index < -0.39 is 58.0 Å². The Balaban J connectivity index is 1.73. The average molecular weight is 511 g/mol. The molecule has 1 amide bonds. The molecule has 3 aliphatic carbocycles. The lowest BCUT2D eigenvalue weighted by molar-refractivity contribution is -0.148. The lowest BCUT2D eigenvalue weighted by Crippen LogP contribution is -2.63. The van der Waals surface area contributed by atoms with Crippen molar-refractivity contribution in [1.29, 1.82) is 0 Å². The van der Waals surface area contributed by atoms with Gasteiger partial charge in [-0.25, -0.2) is 0 Å². The molecule has 5 rings (SSSR count). The molecule has 0 aliphatic heterocycles. The van der Waals surface area contributed by atoms with Gasteiger partial charge in [0.15, 0.2) is 11.4 Å². The Hall–Kier alpha value is -3.47. The molecule has 1 heterocycles. The van der Waals surface area contributed by atoms with Gasteiger partial charge in [0.05, 0.1) is 11.6 Å². The number of carbonyl (C=O) groups excluding carboxylic acids is 3. The number of phenols is 1. The number of aliphatic hydroxyl groups excluding tert-OH is 2. The predicted molar refractivity (Wildman–Crippen MR) is 132 cm³/mol. The largest absolute Gasteiger partial charge is 0.510 e. The van der Waals surface area contributed by atoms with Gasteiger partial charge in [-0.15, -0.1) is 11.3 Å². The van der Waals surface area contributed by atoms with Crippen molar-refractivity contribution in [2.45, 2.75) is 31.4 Å². The molecule has 0 saturated carbocycles. The highest BCUT2D eigenvalue weighted by Gasteiger charge is 2.63. The second-order valence-corrected chi connectivity index (χ2v) is 10.8. The monoisotopic (exact) mass is 510 g/mol. The quantitative estimate of drug-likeness (QED) is 0.393. The maximum atomic E-state index is 13.7. The minimum Gasteiger partial charge on any atom is -0.510 e. The summed E-state index contributed by atoms with van der Waals surface area (Å²) in [5.41, 5.74) is 4.21. The van der Waals surface area contributed by atoms with Gasteiger partial charge in [-0.05, 0) is 80.0 Å². The standard InChI is InChI=1S/C26H26N2O7S/c1-10-6-16(36-9-10)12-4-5-15(29)18-13(12)7-11-8-14-20(28(2)3)22(31)19(25(27)34)24(33)26(14,35)23(32)17(11)21(18)30/h4-6,9,11,14,20,29,31-32,35H,7-8H2,1-3H3,(H2,27,34)/t11-,14-,20-,26+/m1/s1. The van der Waals surface area contributed by atoms with Crippen LogP contribution in [-0.2, 0) is 16.0 Å². The highest BCUT2D eigenvalue weighted by atomic mass is 32.1. The lowest BCUT2D eigenvalue weighted by Gasteiger charge is -2.50. The molecule has 1 aromatic carbocycles. The number of allylic oxidation sites excluding steroid dienone is 1. The summed E-state index contributed by atoms with van der Waals surface area (Å²) in [4.78, 5) is 41.5. The van der Waals surface area contributed by atoms with Crippen molar-refractivity contribution in [3.05, 3.63) is 62.9 Å². The van der Waals surface area contributed by atoms with Crippen LogP contribution in [0.1, 0.15) is 27.9 Å². The van der Waals surface area contributed by atoms with E-state index in [1.165, 1.54) is 22.3 Å². The number of benzene rings is 1. The number of hydrogen-bond donors (Lipinski definition) is 5. The van der Waals surface area contributed by atoms with E-state index in [2.05, 4.69) is 0 Å². The van der Waals surface area contributed by atoms with Crippen molar-refractivity contribution in [3.8, 4) is 16.2 Å². The van der Waals surface area contributed by atoms with Crippen LogP contribution >= 0.6 is 11.3 Å². The number of primary amides is 1. The first kappa shape index (κ1) is 24.2. The third kappa shape index (κ3) is 3.11. The number of ketones is 2. The predicted octanol–water partition coefficient (Wildman–Crippen LogP) is 2.16. The molecule has 3 aliphatic rings. The summed E-state index contributed by atoms with van der Waals surface area (Å²) in [6, 6.07) is 4.14. The molecule has 10 heteroatoms. The number of aromatic hydroxyl groups is 1. The Morgan fingerprint density at radius 2 is 1.89 bits per heavy atom. The first-order chi connectivity index (χ1) is 16.9. The van der Waals surface area contributed by atoms with Gasteiger partial charge < -0.3 is 26.2 Å². The molecule has 2 aromatic rings. The minimum absolute atomic E-state index is 0.0133. The molecule has 0 spiro atoms. The fraction of sp³-hybridized carbons (Fsp3) is 0.346. The van der Waals surface area contributed by atoms with Crippen LogP contribution in [0.4, 0.5) is 0 Å². The zero-order chi connectivity index (χ0) is 26.3. The van der Waals surface area contributed by atoms with Crippen molar-refractivity contribution in [2.24, 2.45) is 17.6 Å². The summed E-state index contributed by atoms with van der Waals surface area (Å²) in [6.07, 6.45) is 0.319. The van der Waals surface area contributed by atoms with Gasteiger partial charge in [-0.3, -0.25) is 19.3 Å². The van der Waals surface area contributed by atoms with Gasteiger partial charge in [0.1, 0.15) is 22.8 Å². The van der Waals surface area contributed by atoms with Crippen LogP contribution in [0.5, 0.6) is 5.75 Å². The number of aliphatic hydroxyl groups is 3. The second kappa shape index (κ2) is 8.02. The van der Waals surface area contributed by atoms with Crippen LogP contribution < -0.4 is 5.73 Å². The van der Waals surface area contributed by atoms with E-state index in [0.717, 1.165) is 16.0 Å². The minimum atomic E-state index is -2.64. The first-order valence-corrected chi connectivity index (χ1v) is 12.3. The first-order valence-electron chi connectivity index (χ1n) is 11.4. The van der Waals surface area contributed by atoms with E-state index in [1.807, 2.05) is 18.4 Å². The number of phenolic OH excluding ortho intramolecular Hbond substituents is 1. The van der Waals surface area contributed by atoms with Crippen molar-refractivity contribution in [2.75, 3.05) is 14.1 Å². The summed E-state index contributed by atoms with van der Waals surface area (Å²) in [7, 11) is 3.20. The molecule has 0 saturated heterocycles. The van der Waals surface area contributed by atoms with Gasteiger partial charge >= 0.3 is 0 Å². The molecule has 1 aromatic heterocycles. The summed E-state index contributed by atoms with van der Waals surface area (Å²) in [5, 5.41) is 46.4. The van der Waals surface area contributed by atoms with Crippen molar-refractivity contribution in [1.82, 2.24) is 4.90 Å². The van der Waals surface area contributed by atoms with Crippen molar-refractivity contribution >= 4 is 28.8 Å². The lowest BCUT2D eigenvalue weighted by atomic mass is 9.58. The van der Waals surface area contributed by atoms with Crippen LogP contribution in [0.3, 0.4) is 0 Å². The Labute approximate surface area is 210 Å². The third-order valence-electron chi connectivity index (χ3n) is 7.60. The number of carbonyl (C=O) groups is 3. The van der Waals surface area contributed by atoms with E-state index in [1.54, 1.807) is 20.2 Å². The topological polar surface area (TPSA) is 161 Å². The average Bonchev–Trinajstić information content (AvgIpc) is 3.22. The number of rotatable bonds is 3. The zero-order valence-corrected chi connectivity index (χ0v) is 20.7. The number of hydrogen-bond acceptors (Lipinski definition) is 9. The number of Topliss-reactive ketones (excluding diaryl/α,β-unsaturated/α-hetero) is 2. The molecule has 6 N–H and O–H groups in total. The molecule has 0 fully saturated rings. The van der Waals surface area contributed by atoms with Crippen molar-refractivity contribution < 1.29 is 34.8 Å². The number of nitrogens with zero attached hydrogens (tertiary/aromatic N) is 1. The third-order valence-corrected chi connectivity index (χ3v) is 8.68. The number of fused-ring (bicyclic) bond motifs is 3. The Morgan fingerprint density at radius 3 is 2.47 bits per heavy atom. The summed E-state index contributed by atoms with van der Waals surface area (Å²) < 4.78 is 0. The van der Waals surface area contributed by atoms with Crippen LogP contribution in [0.2, 0.25) is 0 Å². The Kier molecular flexibility index (Phi) is 5.40. The summed E-state index contributed by atoms with van der Waals surface area (Å²) in [5.74, 6) is -6.54. The molecule has 0 radical (unpaired) electrons. The summed E-state index contributed by atoms with van der Waals surface area (Å²) >= 11 is 1.51. The molecule has 4 atom stereocenters. The van der Waals surface area contributed by atoms with E-state index >= 15 is 0 Å². The highest BCUT2D eigenvalue weighted by Crippen LogP contribution is 2.53. The molecular formula is C26H26N2O7S. The van der Waals surface area contributed by atoms with Crippen LogP contribution in [-0.4, -0.2) is 68.5 Å². The second-order valence-electron chi connectivity index (χ2n) is 9.94. The SMILES string of the molecule is Cc1csc(-c2ccc(O)c3c2C[C@@H]2C[C@@H]4[C@@H](N(C)C)C(O)=C(C(N)=O)C(=O)[C@@]4(O)C(O)=C2C3=O)c1. The van der Waals surface area contributed by atoms with Gasteiger partial charge in [-0.2, -0.15) is 0 Å². The molecule has 9 nitrogen and oxygen atoms in total. The molecule has 0 bridgehead atoms. The fourth-order valence-electron chi connectivity index (χ4n) is 6.05. The molecular weight excluding hydrogens is 484 g/mol. The van der Waals surface area contributed by atoms with Gasteiger partial charge in [0, 0.05) is 16.4 Å². The zero-order valence-electron chi connectivity index (χ0n) is 19.9. The summed E-state index contributed by atoms with van der Waals surface area (Å²) in [6.45, 7) is 1.96. The van der Waals surface area contributed by atoms with Crippen LogP contribution in [0, 0.1) is 18.8 Å². The Bertz CT molecular complexity index is 1420. The van der Waals surface area contributed by atoms with Crippen LogP contribution in [0.25, 0.3) is 10.4 Å². The fourth-order valence-corrected chi connectivity index (χ4v) is 7.01. The van der Waals surface area contributed by atoms with Gasteiger partial charge in [0.25, 0.3) is 5.91 Å². The van der Waals surface area contributed by atoms with Gasteiger partial charge in [-0.1, -0.05) is 0 Å². The van der Waals surface area contributed by atoms with E-state index in [0.29, 0.717) is 5.56 Å². The van der Waals surface area contributed by atoms with E-state index in [-0.39, 0.29) is 29.7 Å². The number of amides is 1. The highest BCUT2D eigenvalue weighted by molar-refractivity contribution is 7.13. The maximum absolute atomic E-state index is 13.7. The smallest absolute Gasteiger partial charge is 0.255 e. The number of aryl methyl sites for hydroxylation is 1. The molecule has 36 heavy (non-hydrogen) atoms. The van der Waals surface area contributed by atoms with Gasteiger partial charge in [0.2, 0.25) is 5.78 Å². The van der Waals surface area contributed by atoms with Crippen molar-refractivity contribution in [3.63, 3.8) is 0 Å². The maximum Gasteiger partial charge on any atom is 0.255 e. The number of thiophene rings is 1. The van der Waals surface area contributed by atoms with E-state index in [4.69, 9.17) is 5.73 Å². The number of likely N-dealkylation sites (N-methyl/N-ethyl adjacent to an activating group) is 1. The van der Waals surface area contributed by atoms with E-state index in [9.17, 15) is 34.8 Å². The molecule has 188 valence electrons. The normalized spacial score (nSPS) is 27.8. The Morgan fingerprint density at radius 1 is 1.19 bits per heavy atom. The number of nitrogens with two attached hydrogens (primary N) is 1. The van der Waals surface area contributed by atoms with Crippen LogP contribution in [0.15, 0.2) is 46.2 Å².